The SMILES string of the molecule is O=C(c1nnc(-c2ccc(F)cn2)o1)N1CCc2[nH]cnc2[C@H]1c1nc2ccccc2s1. The van der Waals surface area contributed by atoms with E-state index in [0.29, 0.717) is 13.0 Å². The van der Waals surface area contributed by atoms with E-state index in [4.69, 9.17) is 9.40 Å². The Labute approximate surface area is 184 Å². The highest BCUT2D eigenvalue weighted by Crippen LogP contribution is 2.38. The predicted molar refractivity (Wildman–Crippen MR) is 112 cm³/mol. The molecule has 5 heterocycles. The molecule has 1 N–H and O–H groups in total. The minimum Gasteiger partial charge on any atom is -0.411 e. The smallest absolute Gasteiger partial charge is 0.312 e. The van der Waals surface area contributed by atoms with Crippen LogP contribution in [0.3, 0.4) is 0 Å². The molecule has 9 nitrogen and oxygen atoms in total. The number of imidazole rings is 1. The van der Waals surface area contributed by atoms with Crippen molar-refractivity contribution in [1.29, 1.82) is 0 Å². The average molecular weight is 447 g/mol. The van der Waals surface area contributed by atoms with Gasteiger partial charge in [0.2, 0.25) is 0 Å². The maximum absolute atomic E-state index is 13.4. The number of rotatable bonds is 3. The van der Waals surface area contributed by atoms with Crippen LogP contribution in [0, 0.1) is 5.82 Å². The molecule has 1 aromatic carbocycles. The van der Waals surface area contributed by atoms with Gasteiger partial charge in [-0.05, 0) is 24.3 Å². The zero-order valence-electron chi connectivity index (χ0n) is 16.4. The van der Waals surface area contributed by atoms with Gasteiger partial charge >= 0.3 is 11.8 Å². The van der Waals surface area contributed by atoms with Crippen LogP contribution in [0.2, 0.25) is 0 Å². The Balaban J connectivity index is 1.38. The first-order valence-electron chi connectivity index (χ1n) is 9.81. The molecular formula is C21H14FN7O2S. The summed E-state index contributed by atoms with van der Waals surface area (Å²) in [4.78, 5) is 31.4. The highest BCUT2D eigenvalue weighted by atomic mass is 32.1. The monoisotopic (exact) mass is 447 g/mol. The number of carbonyl (C=O) groups is 1. The Kier molecular flexibility index (Phi) is 4.28. The third-order valence-corrected chi connectivity index (χ3v) is 6.37. The number of carbonyl (C=O) groups excluding carboxylic acids is 1. The number of nitrogens with one attached hydrogen (secondary N) is 1. The summed E-state index contributed by atoms with van der Waals surface area (Å²) in [5, 5.41) is 8.59. The second-order valence-electron chi connectivity index (χ2n) is 7.21. The quantitative estimate of drug-likeness (QED) is 0.451. The Morgan fingerprint density at radius 2 is 2.09 bits per heavy atom. The molecule has 4 aromatic heterocycles. The van der Waals surface area contributed by atoms with Crippen molar-refractivity contribution < 1.29 is 13.6 Å². The topological polar surface area (TPSA) is 114 Å². The minimum atomic E-state index is -0.480. The zero-order chi connectivity index (χ0) is 21.7. The number of aromatic nitrogens is 6. The summed E-state index contributed by atoms with van der Waals surface area (Å²) >= 11 is 1.52. The molecule has 158 valence electrons. The van der Waals surface area contributed by atoms with E-state index < -0.39 is 17.8 Å². The fraction of sp³-hybridized carbons (Fsp3) is 0.143. The zero-order valence-corrected chi connectivity index (χ0v) is 17.2. The number of fused-ring (bicyclic) bond motifs is 2. The van der Waals surface area contributed by atoms with Gasteiger partial charge in [-0.3, -0.25) is 4.79 Å². The summed E-state index contributed by atoms with van der Waals surface area (Å²) in [5.41, 5.74) is 2.88. The Morgan fingerprint density at radius 1 is 1.19 bits per heavy atom. The van der Waals surface area contributed by atoms with Crippen molar-refractivity contribution in [2.45, 2.75) is 12.5 Å². The van der Waals surface area contributed by atoms with Gasteiger partial charge in [-0.2, -0.15) is 0 Å². The fourth-order valence-corrected chi connectivity index (χ4v) is 4.88. The van der Waals surface area contributed by atoms with Crippen molar-refractivity contribution in [3.8, 4) is 11.6 Å². The second kappa shape index (κ2) is 7.31. The van der Waals surface area contributed by atoms with Crippen LogP contribution in [0.4, 0.5) is 4.39 Å². The van der Waals surface area contributed by atoms with Gasteiger partial charge in [-0.15, -0.1) is 21.5 Å². The highest BCUT2D eigenvalue weighted by molar-refractivity contribution is 7.18. The first-order chi connectivity index (χ1) is 15.7. The summed E-state index contributed by atoms with van der Waals surface area (Å²) in [7, 11) is 0. The van der Waals surface area contributed by atoms with Crippen LogP contribution in [0.25, 0.3) is 21.8 Å². The van der Waals surface area contributed by atoms with Crippen molar-refractivity contribution in [1.82, 2.24) is 35.0 Å². The summed E-state index contributed by atoms with van der Waals surface area (Å²) in [6.45, 7) is 0.432. The van der Waals surface area contributed by atoms with E-state index >= 15 is 0 Å². The lowest BCUT2D eigenvalue weighted by molar-refractivity contribution is 0.0650. The summed E-state index contributed by atoms with van der Waals surface area (Å²) < 4.78 is 19.8. The van der Waals surface area contributed by atoms with E-state index in [-0.39, 0.29) is 17.5 Å². The van der Waals surface area contributed by atoms with Gasteiger partial charge in [0.1, 0.15) is 22.6 Å². The van der Waals surface area contributed by atoms with Crippen LogP contribution in [0.1, 0.15) is 33.1 Å². The number of halogens is 1. The molecular weight excluding hydrogens is 433 g/mol. The van der Waals surface area contributed by atoms with E-state index in [1.807, 2.05) is 24.3 Å². The molecule has 0 bridgehead atoms. The second-order valence-corrected chi connectivity index (χ2v) is 8.27. The standard InChI is InChI=1S/C21H14FN7O2S/c22-11-5-6-14(23-9-11)18-27-28-19(31-18)21(30)29-8-7-13-16(25-10-24-13)17(29)20-26-12-3-1-2-4-15(12)32-20/h1-6,9-10,17H,7-8H2,(H,24,25)/t17-/m0/s1. The molecule has 1 atom stereocenters. The molecule has 32 heavy (non-hydrogen) atoms. The van der Waals surface area contributed by atoms with E-state index in [2.05, 4.69) is 25.1 Å². The molecule has 0 aliphatic carbocycles. The number of H-pyrrole nitrogens is 1. The van der Waals surface area contributed by atoms with E-state index in [0.717, 1.165) is 32.8 Å². The van der Waals surface area contributed by atoms with Gasteiger partial charge in [-0.1, -0.05) is 12.1 Å². The molecule has 11 heteroatoms. The summed E-state index contributed by atoms with van der Waals surface area (Å²) in [5.74, 6) is -1.03. The number of amides is 1. The molecule has 0 saturated heterocycles. The van der Waals surface area contributed by atoms with Crippen LogP contribution in [-0.4, -0.2) is 47.5 Å². The summed E-state index contributed by atoms with van der Waals surface area (Å²) in [6.07, 6.45) is 3.29. The number of hydrogen-bond acceptors (Lipinski definition) is 8. The highest BCUT2D eigenvalue weighted by Gasteiger charge is 2.38. The van der Waals surface area contributed by atoms with Crippen LogP contribution in [0.15, 0.2) is 53.3 Å². The average Bonchev–Trinajstić information content (AvgIpc) is 3.57. The minimum absolute atomic E-state index is 0.0438. The lowest BCUT2D eigenvalue weighted by Gasteiger charge is -2.32. The van der Waals surface area contributed by atoms with Crippen molar-refractivity contribution >= 4 is 27.5 Å². The number of benzene rings is 1. The molecule has 0 spiro atoms. The number of hydrogen-bond donors (Lipinski definition) is 1. The van der Waals surface area contributed by atoms with Crippen molar-refractivity contribution in [3.63, 3.8) is 0 Å². The summed E-state index contributed by atoms with van der Waals surface area (Å²) in [6, 6.07) is 10.00. The van der Waals surface area contributed by atoms with Crippen LogP contribution < -0.4 is 0 Å². The molecule has 5 aromatic rings. The van der Waals surface area contributed by atoms with Gasteiger partial charge in [0.05, 0.1) is 28.4 Å². The van der Waals surface area contributed by atoms with E-state index in [1.54, 1.807) is 11.2 Å². The molecule has 1 amide bonds. The molecule has 1 aliphatic heterocycles. The normalized spacial score (nSPS) is 15.8. The Hall–Kier alpha value is -3.99. The lowest BCUT2D eigenvalue weighted by atomic mass is 10.0. The number of nitrogens with zero attached hydrogens (tertiary/aromatic N) is 6. The molecule has 1 aliphatic rings. The first-order valence-corrected chi connectivity index (χ1v) is 10.6. The maximum Gasteiger partial charge on any atom is 0.312 e. The molecule has 0 saturated carbocycles. The largest absolute Gasteiger partial charge is 0.411 e. The third kappa shape index (κ3) is 3.05. The lowest BCUT2D eigenvalue weighted by Crippen LogP contribution is -2.41. The van der Waals surface area contributed by atoms with E-state index in [1.165, 1.54) is 23.5 Å². The fourth-order valence-electron chi connectivity index (χ4n) is 3.79. The third-order valence-electron chi connectivity index (χ3n) is 5.28. The van der Waals surface area contributed by atoms with Crippen molar-refractivity contribution in [2.24, 2.45) is 0 Å². The van der Waals surface area contributed by atoms with Crippen LogP contribution >= 0.6 is 11.3 Å². The maximum atomic E-state index is 13.4. The van der Waals surface area contributed by atoms with Gasteiger partial charge < -0.3 is 14.3 Å². The number of pyridine rings is 1. The van der Waals surface area contributed by atoms with Crippen LogP contribution in [-0.2, 0) is 6.42 Å². The Bertz CT molecular complexity index is 1410. The number of para-hydroxylation sites is 1. The van der Waals surface area contributed by atoms with Crippen molar-refractivity contribution in [2.75, 3.05) is 6.54 Å². The first kappa shape index (κ1) is 18.8. The molecule has 6 rings (SSSR count). The van der Waals surface area contributed by atoms with Gasteiger partial charge in [-0.25, -0.2) is 19.3 Å². The van der Waals surface area contributed by atoms with Crippen molar-refractivity contribution in [3.05, 3.63) is 77.0 Å². The van der Waals surface area contributed by atoms with Gasteiger partial charge in [0.15, 0.2) is 0 Å². The predicted octanol–water partition coefficient (Wildman–Crippen LogP) is 3.39. The number of aromatic amines is 1. The number of thiazole rings is 1. The Morgan fingerprint density at radius 3 is 2.94 bits per heavy atom. The van der Waals surface area contributed by atoms with Gasteiger partial charge in [0.25, 0.3) is 5.89 Å². The van der Waals surface area contributed by atoms with E-state index in [9.17, 15) is 9.18 Å². The molecule has 0 fully saturated rings. The van der Waals surface area contributed by atoms with Crippen LogP contribution in [0.5, 0.6) is 0 Å². The van der Waals surface area contributed by atoms with Gasteiger partial charge in [0, 0.05) is 18.7 Å². The molecule has 0 radical (unpaired) electrons. The molecule has 0 unspecified atom stereocenters.